The molecule has 0 aliphatic rings. The number of aryl methyl sites for hydroxylation is 1. The molecule has 0 amide bonds. The molecule has 5 heteroatoms. The largest absolute Gasteiger partial charge is 0.354 e. The van der Waals surface area contributed by atoms with E-state index >= 15 is 0 Å². The van der Waals surface area contributed by atoms with Gasteiger partial charge in [0.1, 0.15) is 17.5 Å². The van der Waals surface area contributed by atoms with Gasteiger partial charge in [-0.05, 0) is 26.2 Å². The number of anilines is 2. The summed E-state index contributed by atoms with van der Waals surface area (Å²) in [6, 6.07) is 2.32. The maximum atomic E-state index is 5.50. The summed E-state index contributed by atoms with van der Waals surface area (Å²) < 4.78 is 0. The molecule has 1 heterocycles. The van der Waals surface area contributed by atoms with Gasteiger partial charge in [-0.2, -0.15) is 0 Å². The smallest absolute Gasteiger partial charge is 0.145 e. The molecule has 0 fully saturated rings. The fourth-order valence-corrected chi connectivity index (χ4v) is 2.00. The van der Waals surface area contributed by atoms with E-state index in [9.17, 15) is 0 Å². The predicted molar refractivity (Wildman–Crippen MR) is 81.2 cm³/mol. The van der Waals surface area contributed by atoms with E-state index in [-0.39, 0.29) is 0 Å². The Hall–Kier alpha value is -1.36. The highest BCUT2D eigenvalue weighted by molar-refractivity contribution is 5.49. The van der Waals surface area contributed by atoms with Gasteiger partial charge in [0.15, 0.2) is 0 Å². The molecule has 19 heavy (non-hydrogen) atoms. The molecule has 0 bridgehead atoms. The second-order valence-electron chi connectivity index (χ2n) is 5.56. The lowest BCUT2D eigenvalue weighted by molar-refractivity contribution is 0.564. The Balaban J connectivity index is 3.09. The highest BCUT2D eigenvalue weighted by Crippen LogP contribution is 2.20. The van der Waals surface area contributed by atoms with Crippen molar-refractivity contribution in [3.63, 3.8) is 0 Å². The van der Waals surface area contributed by atoms with E-state index in [4.69, 9.17) is 5.84 Å². The quantitative estimate of drug-likeness (QED) is 0.586. The zero-order valence-electron chi connectivity index (χ0n) is 12.8. The fourth-order valence-electron chi connectivity index (χ4n) is 2.00. The van der Waals surface area contributed by atoms with Gasteiger partial charge in [-0.15, -0.1) is 0 Å². The van der Waals surface area contributed by atoms with Crippen LogP contribution in [0.5, 0.6) is 0 Å². The summed E-state index contributed by atoms with van der Waals surface area (Å²) in [6.45, 7) is 11.9. The number of nitrogen functional groups attached to an aromatic ring is 1. The van der Waals surface area contributed by atoms with Crippen LogP contribution in [0.3, 0.4) is 0 Å². The number of hydrogen-bond donors (Lipinski definition) is 2. The minimum atomic E-state index is 0.400. The lowest BCUT2D eigenvalue weighted by atomic mass is 10.2. The summed E-state index contributed by atoms with van der Waals surface area (Å²) in [4.78, 5) is 11.4. The zero-order valence-corrected chi connectivity index (χ0v) is 12.8. The maximum absolute atomic E-state index is 5.50. The Morgan fingerprint density at radius 2 is 1.95 bits per heavy atom. The molecule has 1 aromatic heterocycles. The Morgan fingerprint density at radius 1 is 1.26 bits per heavy atom. The van der Waals surface area contributed by atoms with Gasteiger partial charge in [0, 0.05) is 25.1 Å². The molecule has 5 nitrogen and oxygen atoms in total. The Labute approximate surface area is 116 Å². The van der Waals surface area contributed by atoms with Crippen LogP contribution in [0.1, 0.15) is 46.9 Å². The molecule has 0 saturated carbocycles. The van der Waals surface area contributed by atoms with Crippen molar-refractivity contribution in [2.24, 2.45) is 11.8 Å². The highest BCUT2D eigenvalue weighted by atomic mass is 15.3. The molecular weight excluding hydrogens is 238 g/mol. The van der Waals surface area contributed by atoms with Crippen LogP contribution in [0, 0.1) is 5.92 Å². The van der Waals surface area contributed by atoms with Crippen molar-refractivity contribution in [1.29, 1.82) is 0 Å². The molecular formula is C14H27N5. The third-order valence-electron chi connectivity index (χ3n) is 2.86. The number of rotatable bonds is 7. The van der Waals surface area contributed by atoms with Crippen molar-refractivity contribution in [1.82, 2.24) is 9.97 Å². The Bertz CT molecular complexity index is 389. The molecule has 108 valence electrons. The summed E-state index contributed by atoms with van der Waals surface area (Å²) >= 11 is 0. The molecule has 1 rings (SSSR count). The van der Waals surface area contributed by atoms with Crippen LogP contribution in [-0.4, -0.2) is 22.6 Å². The van der Waals surface area contributed by atoms with Gasteiger partial charge in [0.05, 0.1) is 0 Å². The normalized spacial score (nSPS) is 11.2. The predicted octanol–water partition coefficient (Wildman–Crippen LogP) is 2.59. The topological polar surface area (TPSA) is 67.1 Å². The van der Waals surface area contributed by atoms with Crippen LogP contribution < -0.4 is 16.2 Å². The molecule has 0 aliphatic heterocycles. The highest BCUT2D eigenvalue weighted by Gasteiger charge is 2.15. The van der Waals surface area contributed by atoms with E-state index in [2.05, 4.69) is 54.9 Å². The third-order valence-corrected chi connectivity index (χ3v) is 2.86. The van der Waals surface area contributed by atoms with E-state index in [0.717, 1.165) is 31.0 Å². The van der Waals surface area contributed by atoms with Crippen LogP contribution in [0.25, 0.3) is 0 Å². The van der Waals surface area contributed by atoms with Crippen LogP contribution in [0.4, 0.5) is 11.6 Å². The lowest BCUT2D eigenvalue weighted by Crippen LogP contribution is -2.35. The molecule has 0 spiro atoms. The molecule has 0 radical (unpaired) electrons. The number of nitrogens with one attached hydrogen (secondary N) is 1. The van der Waals surface area contributed by atoms with E-state index in [0.29, 0.717) is 17.8 Å². The number of aromatic nitrogens is 2. The second-order valence-corrected chi connectivity index (χ2v) is 5.56. The van der Waals surface area contributed by atoms with Crippen LogP contribution in [0.2, 0.25) is 0 Å². The van der Waals surface area contributed by atoms with Gasteiger partial charge in [0.25, 0.3) is 0 Å². The first-order chi connectivity index (χ1) is 8.97. The fraction of sp³-hybridized carbons (Fsp3) is 0.714. The summed E-state index contributed by atoms with van der Waals surface area (Å²) in [5, 5.41) is 0. The van der Waals surface area contributed by atoms with E-state index < -0.39 is 0 Å². The minimum Gasteiger partial charge on any atom is -0.354 e. The van der Waals surface area contributed by atoms with Gasteiger partial charge >= 0.3 is 0 Å². The first-order valence-corrected chi connectivity index (χ1v) is 7.09. The first kappa shape index (κ1) is 15.7. The van der Waals surface area contributed by atoms with Crippen molar-refractivity contribution >= 4 is 11.6 Å². The number of nitrogens with zero attached hydrogens (tertiary/aromatic N) is 3. The van der Waals surface area contributed by atoms with Crippen molar-refractivity contribution in [3.8, 4) is 0 Å². The summed E-state index contributed by atoms with van der Waals surface area (Å²) in [5.41, 5.74) is 2.64. The Morgan fingerprint density at radius 3 is 2.42 bits per heavy atom. The number of hydrazine groups is 1. The van der Waals surface area contributed by atoms with Crippen molar-refractivity contribution in [2.45, 2.75) is 53.5 Å². The maximum Gasteiger partial charge on any atom is 0.145 e. The third kappa shape index (κ3) is 4.67. The average Bonchev–Trinajstić information content (AvgIpc) is 2.35. The Kier molecular flexibility index (Phi) is 6.02. The summed E-state index contributed by atoms with van der Waals surface area (Å²) in [5.74, 6) is 8.57. The molecule has 0 saturated heterocycles. The lowest BCUT2D eigenvalue weighted by Gasteiger charge is -2.30. The summed E-state index contributed by atoms with van der Waals surface area (Å²) in [6.07, 6.45) is 1.90. The van der Waals surface area contributed by atoms with Crippen molar-refractivity contribution < 1.29 is 0 Å². The molecule has 0 atom stereocenters. The summed E-state index contributed by atoms with van der Waals surface area (Å²) in [7, 11) is 0. The van der Waals surface area contributed by atoms with Crippen LogP contribution in [-0.2, 0) is 6.42 Å². The minimum absolute atomic E-state index is 0.400. The van der Waals surface area contributed by atoms with Gasteiger partial charge < -0.3 is 10.3 Å². The monoisotopic (exact) mass is 265 g/mol. The van der Waals surface area contributed by atoms with E-state index in [1.54, 1.807) is 0 Å². The van der Waals surface area contributed by atoms with Gasteiger partial charge in [-0.1, -0.05) is 20.8 Å². The van der Waals surface area contributed by atoms with E-state index in [1.165, 1.54) is 0 Å². The molecule has 0 unspecified atom stereocenters. The second kappa shape index (κ2) is 7.28. The molecule has 0 aromatic carbocycles. The van der Waals surface area contributed by atoms with Gasteiger partial charge in [0.2, 0.25) is 0 Å². The number of nitrogens with two attached hydrogens (primary N) is 1. The average molecular weight is 265 g/mol. The SMILES string of the molecule is CCCc1nc(NN)cc(N(CC(C)C)C(C)C)n1. The molecule has 0 aliphatic carbocycles. The van der Waals surface area contributed by atoms with Crippen molar-refractivity contribution in [3.05, 3.63) is 11.9 Å². The van der Waals surface area contributed by atoms with Crippen LogP contribution in [0.15, 0.2) is 6.07 Å². The zero-order chi connectivity index (χ0) is 14.4. The van der Waals surface area contributed by atoms with E-state index in [1.807, 2.05) is 6.07 Å². The first-order valence-electron chi connectivity index (χ1n) is 7.09. The standard InChI is InChI=1S/C14H27N5/c1-6-7-12-16-13(18-15)8-14(17-12)19(11(4)5)9-10(2)3/h8,10-11H,6-7,9,15H2,1-5H3,(H,16,17,18). The van der Waals surface area contributed by atoms with Crippen molar-refractivity contribution in [2.75, 3.05) is 16.9 Å². The molecule has 3 N–H and O–H groups in total. The van der Waals surface area contributed by atoms with Crippen LogP contribution >= 0.6 is 0 Å². The number of hydrogen-bond acceptors (Lipinski definition) is 5. The molecule has 1 aromatic rings. The van der Waals surface area contributed by atoms with Gasteiger partial charge in [-0.25, -0.2) is 15.8 Å². The van der Waals surface area contributed by atoms with Gasteiger partial charge in [-0.3, -0.25) is 0 Å².